The largest absolute Gasteiger partial charge is 0.497 e. The van der Waals surface area contributed by atoms with E-state index in [1.165, 1.54) is 16.7 Å². The third-order valence-electron chi connectivity index (χ3n) is 3.56. The molecule has 0 fully saturated rings. The Morgan fingerprint density at radius 1 is 1.19 bits per heavy atom. The number of benzene rings is 2. The summed E-state index contributed by atoms with van der Waals surface area (Å²) >= 11 is 3.69. The highest BCUT2D eigenvalue weighted by Gasteiger charge is 2.14. The maximum absolute atomic E-state index is 5.31. The van der Waals surface area contributed by atoms with Gasteiger partial charge >= 0.3 is 0 Å². The summed E-state index contributed by atoms with van der Waals surface area (Å²) in [6.07, 6.45) is 0.937. The van der Waals surface area contributed by atoms with E-state index in [0.29, 0.717) is 0 Å². The molecule has 112 valence electrons. The number of nitrogens with one attached hydrogen (secondary N) is 1. The molecule has 0 saturated carbocycles. The molecular weight excluding hydrogens is 326 g/mol. The van der Waals surface area contributed by atoms with Crippen LogP contribution < -0.4 is 10.1 Å². The van der Waals surface area contributed by atoms with Crippen LogP contribution in [0, 0.1) is 6.92 Å². The van der Waals surface area contributed by atoms with Crippen molar-refractivity contribution in [2.24, 2.45) is 0 Å². The minimum absolute atomic E-state index is 0.289. The first kappa shape index (κ1) is 16.1. The molecule has 0 aromatic heterocycles. The Morgan fingerprint density at radius 2 is 2.00 bits per heavy atom. The predicted molar refractivity (Wildman–Crippen MR) is 92.0 cm³/mol. The SMILES string of the molecule is CCNC(Cc1cccc(OC)c1)c1ccc(C)cc1Br. The standard InChI is InChI=1S/C18H22BrNO/c1-4-20-18(16-9-8-13(2)10-17(16)19)12-14-6-5-7-15(11-14)21-3/h5-11,18,20H,4,12H2,1-3H3. The fraction of sp³-hybridized carbons (Fsp3) is 0.333. The number of likely N-dealkylation sites (N-methyl/N-ethyl adjacent to an activating group) is 1. The molecule has 0 saturated heterocycles. The van der Waals surface area contributed by atoms with Gasteiger partial charge in [0, 0.05) is 10.5 Å². The summed E-state index contributed by atoms with van der Waals surface area (Å²) in [6.45, 7) is 5.19. The monoisotopic (exact) mass is 347 g/mol. The highest BCUT2D eigenvalue weighted by Crippen LogP contribution is 2.28. The quantitative estimate of drug-likeness (QED) is 0.820. The van der Waals surface area contributed by atoms with Gasteiger partial charge in [0.2, 0.25) is 0 Å². The zero-order chi connectivity index (χ0) is 15.2. The summed E-state index contributed by atoms with van der Waals surface area (Å²) in [5.74, 6) is 0.908. The van der Waals surface area contributed by atoms with Gasteiger partial charge in [-0.2, -0.15) is 0 Å². The fourth-order valence-electron chi connectivity index (χ4n) is 2.49. The van der Waals surface area contributed by atoms with Crippen LogP contribution in [-0.2, 0) is 6.42 Å². The Kier molecular flexibility index (Phi) is 5.83. The summed E-state index contributed by atoms with van der Waals surface area (Å²) in [4.78, 5) is 0. The molecule has 0 bridgehead atoms. The molecule has 0 radical (unpaired) electrons. The van der Waals surface area contributed by atoms with Crippen LogP contribution in [0.2, 0.25) is 0 Å². The lowest BCUT2D eigenvalue weighted by Gasteiger charge is -2.20. The van der Waals surface area contributed by atoms with E-state index in [-0.39, 0.29) is 6.04 Å². The van der Waals surface area contributed by atoms with Gasteiger partial charge in [-0.3, -0.25) is 0 Å². The van der Waals surface area contributed by atoms with Crippen LogP contribution in [0.3, 0.4) is 0 Å². The molecule has 0 amide bonds. The number of aryl methyl sites for hydroxylation is 1. The van der Waals surface area contributed by atoms with Gasteiger partial charge in [-0.05, 0) is 54.8 Å². The van der Waals surface area contributed by atoms with E-state index in [9.17, 15) is 0 Å². The first-order valence-electron chi connectivity index (χ1n) is 7.26. The lowest BCUT2D eigenvalue weighted by Crippen LogP contribution is -2.23. The van der Waals surface area contributed by atoms with Crippen molar-refractivity contribution in [2.75, 3.05) is 13.7 Å². The van der Waals surface area contributed by atoms with Gasteiger partial charge in [-0.1, -0.05) is 47.1 Å². The third-order valence-corrected chi connectivity index (χ3v) is 4.24. The molecule has 21 heavy (non-hydrogen) atoms. The van der Waals surface area contributed by atoms with Crippen molar-refractivity contribution in [2.45, 2.75) is 26.3 Å². The van der Waals surface area contributed by atoms with Gasteiger partial charge in [0.05, 0.1) is 7.11 Å². The topological polar surface area (TPSA) is 21.3 Å². The van der Waals surface area contributed by atoms with Crippen molar-refractivity contribution >= 4 is 15.9 Å². The van der Waals surface area contributed by atoms with Gasteiger partial charge < -0.3 is 10.1 Å². The number of halogens is 1. The Hall–Kier alpha value is -1.32. The van der Waals surface area contributed by atoms with Crippen LogP contribution in [0.4, 0.5) is 0 Å². The summed E-state index contributed by atoms with van der Waals surface area (Å²) in [5.41, 5.74) is 3.83. The van der Waals surface area contributed by atoms with E-state index in [2.05, 4.69) is 65.4 Å². The molecule has 1 N–H and O–H groups in total. The summed E-state index contributed by atoms with van der Waals surface area (Å²) < 4.78 is 6.48. The molecule has 1 atom stereocenters. The fourth-order valence-corrected chi connectivity index (χ4v) is 3.26. The van der Waals surface area contributed by atoms with E-state index in [1.807, 2.05) is 12.1 Å². The predicted octanol–water partition coefficient (Wildman–Crippen LogP) is 4.66. The zero-order valence-electron chi connectivity index (χ0n) is 12.8. The van der Waals surface area contributed by atoms with Gasteiger partial charge in [0.1, 0.15) is 5.75 Å². The molecule has 1 unspecified atom stereocenters. The highest BCUT2D eigenvalue weighted by molar-refractivity contribution is 9.10. The van der Waals surface area contributed by atoms with Crippen LogP contribution >= 0.6 is 15.9 Å². The molecule has 3 heteroatoms. The number of ether oxygens (including phenoxy) is 1. The van der Waals surface area contributed by atoms with Crippen LogP contribution in [0.25, 0.3) is 0 Å². The van der Waals surface area contributed by atoms with Crippen molar-refractivity contribution in [1.82, 2.24) is 5.32 Å². The normalized spacial score (nSPS) is 12.2. The minimum Gasteiger partial charge on any atom is -0.497 e. The maximum atomic E-state index is 5.31. The first-order chi connectivity index (χ1) is 10.1. The molecule has 2 rings (SSSR count). The van der Waals surface area contributed by atoms with Crippen LogP contribution in [-0.4, -0.2) is 13.7 Å². The smallest absolute Gasteiger partial charge is 0.119 e. The number of hydrogen-bond donors (Lipinski definition) is 1. The van der Waals surface area contributed by atoms with Crippen molar-refractivity contribution in [3.63, 3.8) is 0 Å². The Morgan fingerprint density at radius 3 is 2.67 bits per heavy atom. The van der Waals surface area contributed by atoms with E-state index in [4.69, 9.17) is 4.74 Å². The molecule has 2 aromatic carbocycles. The van der Waals surface area contributed by atoms with E-state index >= 15 is 0 Å². The molecule has 0 heterocycles. The molecule has 2 nitrogen and oxygen atoms in total. The lowest BCUT2D eigenvalue weighted by molar-refractivity contribution is 0.414. The van der Waals surface area contributed by atoms with Gasteiger partial charge in [0.25, 0.3) is 0 Å². The maximum Gasteiger partial charge on any atom is 0.119 e. The number of rotatable bonds is 6. The highest BCUT2D eigenvalue weighted by atomic mass is 79.9. The van der Waals surface area contributed by atoms with Crippen molar-refractivity contribution in [1.29, 1.82) is 0 Å². The Balaban J connectivity index is 2.26. The average molecular weight is 348 g/mol. The number of hydrogen-bond acceptors (Lipinski definition) is 2. The molecule has 2 aromatic rings. The summed E-state index contributed by atoms with van der Waals surface area (Å²) in [6, 6.07) is 15.1. The molecule has 0 spiro atoms. The van der Waals surface area contributed by atoms with Crippen LogP contribution in [0.15, 0.2) is 46.9 Å². The van der Waals surface area contributed by atoms with Crippen molar-refractivity contribution in [3.05, 3.63) is 63.6 Å². The first-order valence-corrected chi connectivity index (χ1v) is 8.05. The second-order valence-corrected chi connectivity index (χ2v) is 6.05. The van der Waals surface area contributed by atoms with Gasteiger partial charge in [-0.25, -0.2) is 0 Å². The Labute approximate surface area is 135 Å². The molecular formula is C18H22BrNO. The van der Waals surface area contributed by atoms with Crippen LogP contribution in [0.1, 0.15) is 29.7 Å². The molecule has 0 aliphatic rings. The molecule has 0 aliphatic carbocycles. The minimum atomic E-state index is 0.289. The summed E-state index contributed by atoms with van der Waals surface area (Å²) in [5, 5.41) is 3.57. The third kappa shape index (κ3) is 4.32. The second-order valence-electron chi connectivity index (χ2n) is 5.19. The van der Waals surface area contributed by atoms with Crippen LogP contribution in [0.5, 0.6) is 5.75 Å². The van der Waals surface area contributed by atoms with E-state index < -0.39 is 0 Å². The van der Waals surface area contributed by atoms with Crippen molar-refractivity contribution < 1.29 is 4.74 Å². The van der Waals surface area contributed by atoms with Crippen molar-refractivity contribution in [3.8, 4) is 5.75 Å². The average Bonchev–Trinajstić information content (AvgIpc) is 2.47. The number of methoxy groups -OCH3 is 1. The Bertz CT molecular complexity index is 598. The van der Waals surface area contributed by atoms with E-state index in [1.54, 1.807) is 7.11 Å². The molecule has 0 aliphatic heterocycles. The lowest BCUT2D eigenvalue weighted by atomic mass is 9.98. The van der Waals surface area contributed by atoms with Gasteiger partial charge in [-0.15, -0.1) is 0 Å². The van der Waals surface area contributed by atoms with E-state index in [0.717, 1.165) is 23.2 Å². The summed E-state index contributed by atoms with van der Waals surface area (Å²) in [7, 11) is 1.71. The zero-order valence-corrected chi connectivity index (χ0v) is 14.4. The van der Waals surface area contributed by atoms with Gasteiger partial charge in [0.15, 0.2) is 0 Å². The second kappa shape index (κ2) is 7.62.